The Labute approximate surface area is 205 Å². The largest absolute Gasteiger partial charge is 0.509 e. The molecule has 0 spiro atoms. The molecule has 5 rings (SSSR count). The van der Waals surface area contributed by atoms with Crippen molar-refractivity contribution in [3.63, 3.8) is 0 Å². The average Bonchev–Trinajstić information content (AvgIpc) is 3.52. The molecule has 12 heteroatoms. The molecular formula is C22H24ClN5O5S. The van der Waals surface area contributed by atoms with Crippen molar-refractivity contribution >= 4 is 40.7 Å². The Hall–Kier alpha value is -2.47. The van der Waals surface area contributed by atoms with Crippen LogP contribution in [-0.2, 0) is 25.6 Å². The Morgan fingerprint density at radius 3 is 2.82 bits per heavy atom. The molecule has 1 saturated heterocycles. The maximum absolute atomic E-state index is 11.9. The van der Waals surface area contributed by atoms with Crippen LogP contribution in [0.15, 0.2) is 35.5 Å². The number of ether oxygens (including phenoxy) is 4. The Bertz CT molecular complexity index is 1150. The molecule has 2 aromatic heterocycles. The maximum atomic E-state index is 11.9. The molecule has 1 aromatic carbocycles. The zero-order valence-electron chi connectivity index (χ0n) is 18.5. The summed E-state index contributed by atoms with van der Waals surface area (Å²) in [6, 6.07) is 9.57. The van der Waals surface area contributed by atoms with Crippen LogP contribution < -0.4 is 0 Å². The van der Waals surface area contributed by atoms with E-state index in [1.165, 1.54) is 11.8 Å². The van der Waals surface area contributed by atoms with E-state index in [1.54, 1.807) is 4.68 Å². The van der Waals surface area contributed by atoms with Gasteiger partial charge in [0.2, 0.25) is 0 Å². The molecule has 0 bridgehead atoms. The van der Waals surface area contributed by atoms with E-state index in [-0.39, 0.29) is 17.3 Å². The van der Waals surface area contributed by atoms with Gasteiger partial charge in [-0.25, -0.2) is 19.4 Å². The highest BCUT2D eigenvalue weighted by Crippen LogP contribution is 2.41. The second kappa shape index (κ2) is 10.4. The van der Waals surface area contributed by atoms with Crippen LogP contribution in [0.2, 0.25) is 5.15 Å². The number of benzene rings is 1. The number of aromatic nitrogens is 5. The van der Waals surface area contributed by atoms with Crippen LogP contribution in [0.3, 0.4) is 0 Å². The highest BCUT2D eigenvalue weighted by Gasteiger charge is 2.55. The lowest BCUT2D eigenvalue weighted by Gasteiger charge is -2.16. The van der Waals surface area contributed by atoms with Gasteiger partial charge in [0.1, 0.15) is 6.10 Å². The average molecular weight is 506 g/mol. The van der Waals surface area contributed by atoms with Gasteiger partial charge < -0.3 is 18.9 Å². The van der Waals surface area contributed by atoms with Crippen molar-refractivity contribution < 1.29 is 23.7 Å². The van der Waals surface area contributed by atoms with E-state index in [1.807, 2.05) is 30.3 Å². The first-order valence-corrected chi connectivity index (χ1v) is 12.5. The van der Waals surface area contributed by atoms with Gasteiger partial charge in [-0.15, -0.1) is 5.10 Å². The van der Waals surface area contributed by atoms with Gasteiger partial charge in [-0.1, -0.05) is 65.8 Å². The van der Waals surface area contributed by atoms with Gasteiger partial charge in [0.05, 0.1) is 25.9 Å². The molecule has 4 unspecified atom stereocenters. The summed E-state index contributed by atoms with van der Waals surface area (Å²) in [5.74, 6) is 0.866. The Kier molecular flexibility index (Phi) is 7.14. The summed E-state index contributed by atoms with van der Waals surface area (Å²) in [5.41, 5.74) is 2.00. The first-order valence-electron chi connectivity index (χ1n) is 11.2. The number of hydrogen-bond acceptors (Lipinski definition) is 10. The third-order valence-corrected chi connectivity index (χ3v) is 7.01. The van der Waals surface area contributed by atoms with Crippen LogP contribution in [0.5, 0.6) is 0 Å². The number of fused-ring (bicyclic) bond motifs is 2. The third kappa shape index (κ3) is 4.83. The zero-order valence-corrected chi connectivity index (χ0v) is 20.1. The van der Waals surface area contributed by atoms with Crippen molar-refractivity contribution in [2.24, 2.45) is 0 Å². The number of carbonyl (C=O) groups excluding carboxylic acids is 1. The number of halogens is 1. The van der Waals surface area contributed by atoms with Gasteiger partial charge in [0.15, 0.2) is 33.7 Å². The van der Waals surface area contributed by atoms with E-state index in [2.05, 4.69) is 27.2 Å². The number of carbonyl (C=O) groups is 1. The second-order valence-electron chi connectivity index (χ2n) is 8.02. The summed E-state index contributed by atoms with van der Waals surface area (Å²) >= 11 is 7.85. The van der Waals surface area contributed by atoms with Gasteiger partial charge in [-0.05, 0) is 12.0 Å². The maximum Gasteiger partial charge on any atom is 0.509 e. The van der Waals surface area contributed by atoms with E-state index in [4.69, 9.17) is 30.5 Å². The quantitative estimate of drug-likeness (QED) is 0.132. The lowest BCUT2D eigenvalue weighted by molar-refractivity contribution is -0.0407. The standard InChI is InChI=1S/C22H24ClN5O5S/c1-2-10-34-21-24-19(23)16-20(25-21)28(27-26-16)14-11-15(18-17(14)32-22(29)33-18)31-9-8-30-12-13-6-4-3-5-7-13/h3-7,14-15,17-18H,2,8-12H2,1H3. The van der Waals surface area contributed by atoms with E-state index in [0.717, 1.165) is 17.7 Å². The fraction of sp³-hybridized carbons (Fsp3) is 0.500. The zero-order chi connectivity index (χ0) is 23.5. The van der Waals surface area contributed by atoms with Gasteiger partial charge >= 0.3 is 6.16 Å². The minimum atomic E-state index is -0.718. The first-order chi connectivity index (χ1) is 16.6. The molecule has 180 valence electrons. The van der Waals surface area contributed by atoms with E-state index >= 15 is 0 Å². The van der Waals surface area contributed by atoms with Crippen LogP contribution in [-0.4, -0.2) is 68.4 Å². The van der Waals surface area contributed by atoms with Gasteiger partial charge in [-0.2, -0.15) is 0 Å². The summed E-state index contributed by atoms with van der Waals surface area (Å²) in [5, 5.41) is 9.23. The van der Waals surface area contributed by atoms with Crippen LogP contribution in [0.4, 0.5) is 4.79 Å². The number of nitrogens with zero attached hydrogens (tertiary/aromatic N) is 5. The second-order valence-corrected chi connectivity index (χ2v) is 9.44. The van der Waals surface area contributed by atoms with Crippen molar-refractivity contribution in [2.45, 2.75) is 55.9 Å². The molecule has 0 amide bonds. The molecule has 1 aliphatic heterocycles. The normalized spacial score (nSPS) is 23.8. The molecule has 0 radical (unpaired) electrons. The van der Waals surface area contributed by atoms with E-state index in [9.17, 15) is 4.79 Å². The molecule has 2 fully saturated rings. The topological polar surface area (TPSA) is 110 Å². The molecule has 3 aromatic rings. The smallest absolute Gasteiger partial charge is 0.425 e. The summed E-state index contributed by atoms with van der Waals surface area (Å²) in [7, 11) is 0. The Morgan fingerprint density at radius 2 is 2.00 bits per heavy atom. The predicted octanol–water partition coefficient (Wildman–Crippen LogP) is 3.83. The van der Waals surface area contributed by atoms with Gasteiger partial charge in [0.25, 0.3) is 0 Å². The lowest BCUT2D eigenvalue weighted by Crippen LogP contribution is -2.31. The highest BCUT2D eigenvalue weighted by molar-refractivity contribution is 7.99. The molecule has 3 heterocycles. The van der Waals surface area contributed by atoms with Crippen molar-refractivity contribution in [1.29, 1.82) is 0 Å². The summed E-state index contributed by atoms with van der Waals surface area (Å²) in [4.78, 5) is 20.8. The molecule has 4 atom stereocenters. The number of hydrogen-bond donors (Lipinski definition) is 0. The van der Waals surface area contributed by atoms with E-state index < -0.39 is 18.4 Å². The van der Waals surface area contributed by atoms with Crippen molar-refractivity contribution in [3.8, 4) is 0 Å². The van der Waals surface area contributed by atoms with E-state index in [0.29, 0.717) is 42.6 Å². The first kappa shape index (κ1) is 23.3. The van der Waals surface area contributed by atoms with Crippen molar-refractivity contribution in [2.75, 3.05) is 19.0 Å². The lowest BCUT2D eigenvalue weighted by atomic mass is 10.2. The third-order valence-electron chi connectivity index (χ3n) is 5.69. The highest BCUT2D eigenvalue weighted by atomic mass is 35.5. The molecule has 10 nitrogen and oxygen atoms in total. The Balaban J connectivity index is 1.27. The van der Waals surface area contributed by atoms with Crippen LogP contribution in [0.1, 0.15) is 31.4 Å². The fourth-order valence-corrected chi connectivity index (χ4v) is 5.11. The molecule has 1 saturated carbocycles. The number of rotatable bonds is 10. The van der Waals surface area contributed by atoms with Gasteiger partial charge in [0, 0.05) is 12.2 Å². The van der Waals surface area contributed by atoms with Crippen LogP contribution >= 0.6 is 23.4 Å². The van der Waals surface area contributed by atoms with Crippen molar-refractivity contribution in [1.82, 2.24) is 25.0 Å². The SMILES string of the molecule is CCCSc1nc(Cl)c2nnn(C3CC(OCCOCc4ccccc4)C4OC(=O)OC43)c2n1. The molecule has 0 N–H and O–H groups in total. The van der Waals surface area contributed by atoms with Crippen LogP contribution in [0.25, 0.3) is 11.2 Å². The van der Waals surface area contributed by atoms with Crippen LogP contribution in [0, 0.1) is 0 Å². The molecule has 2 aliphatic rings. The predicted molar refractivity (Wildman–Crippen MR) is 124 cm³/mol. The number of thioether (sulfide) groups is 1. The minimum absolute atomic E-state index is 0.243. The summed E-state index contributed by atoms with van der Waals surface area (Å²) in [6.07, 6.45) is -0.698. The molecular weight excluding hydrogens is 482 g/mol. The van der Waals surface area contributed by atoms with Crippen molar-refractivity contribution in [3.05, 3.63) is 41.0 Å². The fourth-order valence-electron chi connectivity index (χ4n) is 4.16. The molecule has 34 heavy (non-hydrogen) atoms. The monoisotopic (exact) mass is 505 g/mol. The summed E-state index contributed by atoms with van der Waals surface area (Å²) in [6.45, 7) is 3.36. The Morgan fingerprint density at radius 1 is 1.18 bits per heavy atom. The summed E-state index contributed by atoms with van der Waals surface area (Å²) < 4.78 is 24.3. The minimum Gasteiger partial charge on any atom is -0.425 e. The molecule has 1 aliphatic carbocycles. The van der Waals surface area contributed by atoms with Gasteiger partial charge in [-0.3, -0.25) is 0 Å².